The fourth-order valence-corrected chi connectivity index (χ4v) is 3.04. The molecule has 2 heterocycles. The summed E-state index contributed by atoms with van der Waals surface area (Å²) in [5.41, 5.74) is 0.208. The highest BCUT2D eigenvalue weighted by atomic mass is 16.5. The number of fused-ring (bicyclic) bond motifs is 1. The van der Waals surface area contributed by atoms with Gasteiger partial charge in [-0.2, -0.15) is 0 Å². The molecule has 0 fully saturated rings. The van der Waals surface area contributed by atoms with Gasteiger partial charge in [-0.3, -0.25) is 23.5 Å². The van der Waals surface area contributed by atoms with Crippen molar-refractivity contribution in [3.8, 4) is 5.75 Å². The lowest BCUT2D eigenvalue weighted by molar-refractivity contribution is -0.149. The molecule has 0 radical (unpaired) electrons. The standard InChI is InChI=1S/C20H23N5O6/c1-23-18-17(19(28)24(2)20(23)29)25(12-22-18)10-16(27)31-11-15(26)21-9-8-13-4-6-14(30-3)7-5-13/h4-7,12H,8-11H2,1-3H3,(H,21,26). The second kappa shape index (κ2) is 9.28. The molecule has 0 atom stereocenters. The summed E-state index contributed by atoms with van der Waals surface area (Å²) in [6.07, 6.45) is 1.90. The third-order valence-electron chi connectivity index (χ3n) is 4.78. The highest BCUT2D eigenvalue weighted by Crippen LogP contribution is 2.11. The maximum atomic E-state index is 12.4. The molecule has 1 N–H and O–H groups in total. The Kier molecular flexibility index (Phi) is 6.53. The third kappa shape index (κ3) is 4.82. The van der Waals surface area contributed by atoms with Crippen molar-refractivity contribution >= 4 is 23.0 Å². The van der Waals surface area contributed by atoms with Gasteiger partial charge >= 0.3 is 11.7 Å². The summed E-state index contributed by atoms with van der Waals surface area (Å²) < 4.78 is 13.5. The lowest BCUT2D eigenvalue weighted by Crippen LogP contribution is -2.37. The number of carbonyl (C=O) groups excluding carboxylic acids is 2. The number of esters is 1. The number of methoxy groups -OCH3 is 1. The summed E-state index contributed by atoms with van der Waals surface area (Å²) in [5.74, 6) is -0.387. The fourth-order valence-electron chi connectivity index (χ4n) is 3.04. The first-order valence-corrected chi connectivity index (χ1v) is 9.48. The molecule has 3 aromatic rings. The number of rotatable bonds is 8. The van der Waals surface area contributed by atoms with Crippen molar-refractivity contribution < 1.29 is 19.1 Å². The van der Waals surface area contributed by atoms with Gasteiger partial charge in [0, 0.05) is 20.6 Å². The van der Waals surface area contributed by atoms with Gasteiger partial charge < -0.3 is 19.4 Å². The maximum Gasteiger partial charge on any atom is 0.332 e. The minimum atomic E-state index is -0.708. The van der Waals surface area contributed by atoms with Crippen molar-refractivity contribution in [2.24, 2.45) is 14.1 Å². The van der Waals surface area contributed by atoms with Gasteiger partial charge in [-0.25, -0.2) is 9.78 Å². The number of imidazole rings is 1. The van der Waals surface area contributed by atoms with Crippen LogP contribution in [0.15, 0.2) is 40.2 Å². The number of hydrogen-bond acceptors (Lipinski definition) is 7. The van der Waals surface area contributed by atoms with Crippen LogP contribution in [0.1, 0.15) is 5.56 Å². The molecule has 0 aliphatic heterocycles. The molecule has 1 amide bonds. The van der Waals surface area contributed by atoms with E-state index in [-0.39, 0.29) is 17.7 Å². The van der Waals surface area contributed by atoms with Gasteiger partial charge in [0.2, 0.25) is 0 Å². The summed E-state index contributed by atoms with van der Waals surface area (Å²) in [6, 6.07) is 7.48. The first-order chi connectivity index (χ1) is 14.8. The normalized spacial score (nSPS) is 10.8. The van der Waals surface area contributed by atoms with E-state index in [0.29, 0.717) is 13.0 Å². The largest absolute Gasteiger partial charge is 0.497 e. The lowest BCUT2D eigenvalue weighted by atomic mass is 10.1. The van der Waals surface area contributed by atoms with Crippen molar-refractivity contribution in [3.05, 3.63) is 57.0 Å². The van der Waals surface area contributed by atoms with E-state index in [4.69, 9.17) is 9.47 Å². The molecule has 0 aliphatic rings. The first-order valence-electron chi connectivity index (χ1n) is 9.48. The van der Waals surface area contributed by atoms with Gasteiger partial charge in [0.1, 0.15) is 12.3 Å². The van der Waals surface area contributed by atoms with Crippen LogP contribution in [0.25, 0.3) is 11.2 Å². The van der Waals surface area contributed by atoms with E-state index in [1.807, 2.05) is 24.3 Å². The first kappa shape index (κ1) is 21.8. The molecule has 0 unspecified atom stereocenters. The van der Waals surface area contributed by atoms with Crippen LogP contribution in [-0.4, -0.2) is 50.8 Å². The van der Waals surface area contributed by atoms with Crippen molar-refractivity contribution in [1.82, 2.24) is 24.0 Å². The molecule has 164 valence electrons. The van der Waals surface area contributed by atoms with Crippen LogP contribution in [0.2, 0.25) is 0 Å². The predicted molar refractivity (Wildman–Crippen MR) is 111 cm³/mol. The lowest BCUT2D eigenvalue weighted by Gasteiger charge is -2.08. The van der Waals surface area contributed by atoms with Crippen LogP contribution in [0.3, 0.4) is 0 Å². The number of carbonyl (C=O) groups is 2. The van der Waals surface area contributed by atoms with E-state index < -0.39 is 29.7 Å². The molecule has 31 heavy (non-hydrogen) atoms. The van der Waals surface area contributed by atoms with Crippen molar-refractivity contribution in [3.63, 3.8) is 0 Å². The smallest absolute Gasteiger partial charge is 0.332 e. The Morgan fingerprint density at radius 1 is 1.10 bits per heavy atom. The molecular weight excluding hydrogens is 406 g/mol. The van der Waals surface area contributed by atoms with E-state index in [1.165, 1.54) is 29.6 Å². The van der Waals surface area contributed by atoms with E-state index in [0.717, 1.165) is 15.9 Å². The average Bonchev–Trinajstić information content (AvgIpc) is 3.19. The van der Waals surface area contributed by atoms with Gasteiger partial charge in [-0.15, -0.1) is 0 Å². The highest BCUT2D eigenvalue weighted by Gasteiger charge is 2.17. The van der Waals surface area contributed by atoms with Crippen LogP contribution < -0.4 is 21.3 Å². The molecule has 0 saturated carbocycles. The second-order valence-corrected chi connectivity index (χ2v) is 6.86. The molecule has 11 heteroatoms. The monoisotopic (exact) mass is 429 g/mol. The topological polar surface area (TPSA) is 126 Å². The Labute approximate surface area is 176 Å². The Morgan fingerprint density at radius 3 is 2.48 bits per heavy atom. The van der Waals surface area contributed by atoms with Gasteiger partial charge in [0.05, 0.1) is 13.4 Å². The molecule has 0 bridgehead atoms. The summed E-state index contributed by atoms with van der Waals surface area (Å²) in [6.45, 7) is -0.368. The zero-order chi connectivity index (χ0) is 22.5. The van der Waals surface area contributed by atoms with Crippen LogP contribution in [-0.2, 0) is 41.4 Å². The molecule has 0 saturated heterocycles. The highest BCUT2D eigenvalue weighted by molar-refractivity contribution is 5.81. The summed E-state index contributed by atoms with van der Waals surface area (Å²) in [7, 11) is 4.42. The number of aryl methyl sites for hydroxylation is 1. The van der Waals surface area contributed by atoms with Gasteiger partial charge in [0.25, 0.3) is 11.5 Å². The van der Waals surface area contributed by atoms with Gasteiger partial charge in [0.15, 0.2) is 17.8 Å². The molecule has 0 spiro atoms. The van der Waals surface area contributed by atoms with E-state index in [2.05, 4.69) is 10.3 Å². The summed E-state index contributed by atoms with van der Waals surface area (Å²) in [5, 5.41) is 2.68. The van der Waals surface area contributed by atoms with Crippen molar-refractivity contribution in [2.45, 2.75) is 13.0 Å². The number of ether oxygens (including phenoxy) is 2. The summed E-state index contributed by atoms with van der Waals surface area (Å²) in [4.78, 5) is 52.4. The van der Waals surface area contributed by atoms with Crippen LogP contribution in [0, 0.1) is 0 Å². The molecular formula is C20H23N5O6. The maximum absolute atomic E-state index is 12.4. The third-order valence-corrected chi connectivity index (χ3v) is 4.78. The number of nitrogens with zero attached hydrogens (tertiary/aromatic N) is 4. The molecule has 1 aromatic carbocycles. The number of amides is 1. The summed E-state index contributed by atoms with van der Waals surface area (Å²) >= 11 is 0. The molecule has 3 rings (SSSR count). The van der Waals surface area contributed by atoms with Crippen LogP contribution in [0.5, 0.6) is 5.75 Å². The van der Waals surface area contributed by atoms with Crippen LogP contribution >= 0.6 is 0 Å². The zero-order valence-electron chi connectivity index (χ0n) is 17.5. The van der Waals surface area contributed by atoms with Gasteiger partial charge in [-0.05, 0) is 24.1 Å². The van der Waals surface area contributed by atoms with Gasteiger partial charge in [-0.1, -0.05) is 12.1 Å². The Hall–Kier alpha value is -3.89. The fraction of sp³-hybridized carbons (Fsp3) is 0.350. The van der Waals surface area contributed by atoms with E-state index >= 15 is 0 Å². The van der Waals surface area contributed by atoms with Crippen molar-refractivity contribution in [2.75, 3.05) is 20.3 Å². The Balaban J connectivity index is 1.51. The van der Waals surface area contributed by atoms with Crippen molar-refractivity contribution in [1.29, 1.82) is 0 Å². The van der Waals surface area contributed by atoms with E-state index in [9.17, 15) is 19.2 Å². The predicted octanol–water partition coefficient (Wildman–Crippen LogP) is -0.656. The minimum absolute atomic E-state index is 0.102. The minimum Gasteiger partial charge on any atom is -0.497 e. The SMILES string of the molecule is COc1ccc(CCNC(=O)COC(=O)Cn2cnc3c2c(=O)n(C)c(=O)n3C)cc1. The molecule has 0 aliphatic carbocycles. The average molecular weight is 429 g/mol. The quantitative estimate of drug-likeness (QED) is 0.471. The number of aromatic nitrogens is 4. The Morgan fingerprint density at radius 2 is 1.81 bits per heavy atom. The molecule has 11 nitrogen and oxygen atoms in total. The number of benzene rings is 1. The number of nitrogens with one attached hydrogen (secondary N) is 1. The molecule has 2 aromatic heterocycles. The zero-order valence-corrected chi connectivity index (χ0v) is 17.5. The number of hydrogen-bond donors (Lipinski definition) is 1. The Bertz CT molecular complexity index is 1220. The van der Waals surface area contributed by atoms with E-state index in [1.54, 1.807) is 7.11 Å². The second-order valence-electron chi connectivity index (χ2n) is 6.86. The van der Waals surface area contributed by atoms with Crippen LogP contribution in [0.4, 0.5) is 0 Å².